The highest BCUT2D eigenvalue weighted by atomic mass is 19.1. The van der Waals surface area contributed by atoms with E-state index in [1.807, 2.05) is 0 Å². The molecule has 2 N–H and O–H groups in total. The van der Waals surface area contributed by atoms with Crippen molar-refractivity contribution in [2.24, 2.45) is 5.92 Å². The number of anilines is 1. The van der Waals surface area contributed by atoms with Crippen LogP contribution in [0.25, 0.3) is 0 Å². The standard InChI is InChI=1S/C13H16FN3O4/c1-7(2)12(15-8(3)18)13(19)16-11-6-9(17(20)21)4-5-10(11)14/h4-7,12H,1-3H3,(H,15,18)(H,16,19). The van der Waals surface area contributed by atoms with E-state index in [9.17, 15) is 24.1 Å². The summed E-state index contributed by atoms with van der Waals surface area (Å²) >= 11 is 0. The maximum Gasteiger partial charge on any atom is 0.271 e. The number of hydrogen-bond donors (Lipinski definition) is 2. The molecule has 0 saturated heterocycles. The Morgan fingerprint density at radius 2 is 1.95 bits per heavy atom. The topological polar surface area (TPSA) is 101 Å². The molecular weight excluding hydrogens is 281 g/mol. The van der Waals surface area contributed by atoms with Gasteiger partial charge in [-0.2, -0.15) is 0 Å². The van der Waals surface area contributed by atoms with E-state index in [1.165, 1.54) is 6.92 Å². The van der Waals surface area contributed by atoms with Crippen molar-refractivity contribution in [1.29, 1.82) is 0 Å². The number of hydrogen-bond acceptors (Lipinski definition) is 4. The van der Waals surface area contributed by atoms with Crippen LogP contribution in [-0.2, 0) is 9.59 Å². The number of carbonyl (C=O) groups is 2. The van der Waals surface area contributed by atoms with E-state index in [0.29, 0.717) is 0 Å². The second-order valence-electron chi connectivity index (χ2n) is 4.83. The molecule has 8 heteroatoms. The molecule has 0 spiro atoms. The molecule has 1 aromatic carbocycles. The Hall–Kier alpha value is -2.51. The lowest BCUT2D eigenvalue weighted by Gasteiger charge is -2.21. The summed E-state index contributed by atoms with van der Waals surface area (Å²) in [6.45, 7) is 4.69. The van der Waals surface area contributed by atoms with Crippen molar-refractivity contribution < 1.29 is 18.9 Å². The first-order chi connectivity index (χ1) is 9.72. The number of nitro benzene ring substituents is 1. The fraction of sp³-hybridized carbons (Fsp3) is 0.385. The third kappa shape index (κ3) is 4.51. The fourth-order valence-electron chi connectivity index (χ4n) is 1.69. The van der Waals surface area contributed by atoms with Crippen LogP contribution in [-0.4, -0.2) is 22.8 Å². The van der Waals surface area contributed by atoms with Gasteiger partial charge in [-0.05, 0) is 12.0 Å². The van der Waals surface area contributed by atoms with Crippen LogP contribution in [0.3, 0.4) is 0 Å². The van der Waals surface area contributed by atoms with Crippen molar-refractivity contribution in [1.82, 2.24) is 5.32 Å². The lowest BCUT2D eigenvalue weighted by Crippen LogP contribution is -2.46. The molecule has 0 aliphatic rings. The number of amides is 2. The Morgan fingerprint density at radius 3 is 2.43 bits per heavy atom. The first kappa shape index (κ1) is 16.5. The molecule has 0 bridgehead atoms. The molecule has 114 valence electrons. The van der Waals surface area contributed by atoms with Crippen LogP contribution in [0.4, 0.5) is 15.8 Å². The molecule has 2 amide bonds. The van der Waals surface area contributed by atoms with Gasteiger partial charge in [-0.1, -0.05) is 13.8 Å². The maximum absolute atomic E-state index is 13.6. The van der Waals surface area contributed by atoms with Crippen LogP contribution in [0.15, 0.2) is 18.2 Å². The Labute approximate surface area is 120 Å². The van der Waals surface area contributed by atoms with Crippen molar-refractivity contribution >= 4 is 23.2 Å². The zero-order chi connectivity index (χ0) is 16.2. The number of carbonyl (C=O) groups excluding carboxylic acids is 2. The molecule has 1 atom stereocenters. The van der Waals surface area contributed by atoms with E-state index in [4.69, 9.17) is 0 Å². The average Bonchev–Trinajstić information content (AvgIpc) is 2.37. The highest BCUT2D eigenvalue weighted by molar-refractivity contribution is 5.97. The second kappa shape index (κ2) is 6.78. The number of nitrogens with zero attached hydrogens (tertiary/aromatic N) is 1. The molecule has 0 heterocycles. The van der Waals surface area contributed by atoms with Gasteiger partial charge in [0.2, 0.25) is 11.8 Å². The minimum atomic E-state index is -0.860. The summed E-state index contributed by atoms with van der Waals surface area (Å²) in [7, 11) is 0. The van der Waals surface area contributed by atoms with Gasteiger partial charge in [-0.15, -0.1) is 0 Å². The van der Waals surface area contributed by atoms with Gasteiger partial charge in [0.05, 0.1) is 10.6 Å². The number of nitrogens with one attached hydrogen (secondary N) is 2. The number of benzene rings is 1. The predicted octanol–water partition coefficient (Wildman–Crippen LogP) is 1.83. The molecule has 7 nitrogen and oxygen atoms in total. The van der Waals surface area contributed by atoms with Crippen LogP contribution in [0.5, 0.6) is 0 Å². The number of rotatable bonds is 5. The Balaban J connectivity index is 2.97. The summed E-state index contributed by atoms with van der Waals surface area (Å²) in [4.78, 5) is 33.1. The molecule has 0 fully saturated rings. The van der Waals surface area contributed by atoms with Crippen LogP contribution in [0.2, 0.25) is 0 Å². The number of halogens is 1. The first-order valence-corrected chi connectivity index (χ1v) is 6.24. The van der Waals surface area contributed by atoms with Gasteiger partial charge < -0.3 is 10.6 Å². The van der Waals surface area contributed by atoms with Crippen molar-refractivity contribution in [3.05, 3.63) is 34.1 Å². The first-order valence-electron chi connectivity index (χ1n) is 6.24. The summed E-state index contributed by atoms with van der Waals surface area (Å²) in [5.41, 5.74) is -0.641. The van der Waals surface area contributed by atoms with Crippen molar-refractivity contribution in [2.75, 3.05) is 5.32 Å². The van der Waals surface area contributed by atoms with Gasteiger partial charge in [0, 0.05) is 19.1 Å². The van der Waals surface area contributed by atoms with Gasteiger partial charge >= 0.3 is 0 Å². The summed E-state index contributed by atoms with van der Waals surface area (Å²) in [5.74, 6) is -2.06. The highest BCUT2D eigenvalue weighted by Gasteiger charge is 2.24. The Bertz CT molecular complexity index is 575. The monoisotopic (exact) mass is 297 g/mol. The van der Waals surface area contributed by atoms with E-state index < -0.39 is 28.6 Å². The van der Waals surface area contributed by atoms with E-state index in [2.05, 4.69) is 10.6 Å². The smallest absolute Gasteiger partial charge is 0.271 e. The van der Waals surface area contributed by atoms with E-state index in [0.717, 1.165) is 18.2 Å². The normalized spacial score (nSPS) is 11.9. The molecule has 1 unspecified atom stereocenters. The zero-order valence-electron chi connectivity index (χ0n) is 11.8. The minimum Gasteiger partial charge on any atom is -0.344 e. The summed E-state index contributed by atoms with van der Waals surface area (Å²) in [6, 6.07) is 1.97. The third-order valence-corrected chi connectivity index (χ3v) is 2.73. The van der Waals surface area contributed by atoms with E-state index in [-0.39, 0.29) is 17.3 Å². The van der Waals surface area contributed by atoms with E-state index in [1.54, 1.807) is 13.8 Å². The molecule has 1 rings (SSSR count). The largest absolute Gasteiger partial charge is 0.344 e. The van der Waals surface area contributed by atoms with E-state index >= 15 is 0 Å². The second-order valence-corrected chi connectivity index (χ2v) is 4.83. The number of non-ortho nitro benzene ring substituents is 1. The van der Waals surface area contributed by atoms with Gasteiger partial charge in [0.1, 0.15) is 11.9 Å². The molecule has 0 radical (unpaired) electrons. The van der Waals surface area contributed by atoms with Crippen LogP contribution in [0, 0.1) is 21.8 Å². The van der Waals surface area contributed by atoms with Gasteiger partial charge in [0.25, 0.3) is 5.69 Å². The SMILES string of the molecule is CC(=O)NC(C(=O)Nc1cc([N+](=O)[O-])ccc1F)C(C)C. The summed E-state index contributed by atoms with van der Waals surface area (Å²) < 4.78 is 13.6. The lowest BCUT2D eigenvalue weighted by molar-refractivity contribution is -0.384. The van der Waals surface area contributed by atoms with Crippen LogP contribution >= 0.6 is 0 Å². The Kier molecular flexibility index (Phi) is 5.34. The molecule has 21 heavy (non-hydrogen) atoms. The zero-order valence-corrected chi connectivity index (χ0v) is 11.8. The molecular formula is C13H16FN3O4. The molecule has 0 aromatic heterocycles. The van der Waals surface area contributed by atoms with Crippen molar-refractivity contribution in [2.45, 2.75) is 26.8 Å². The fourth-order valence-corrected chi connectivity index (χ4v) is 1.69. The molecule has 0 saturated carbocycles. The summed E-state index contributed by atoms with van der Waals surface area (Å²) in [5, 5.41) is 15.4. The van der Waals surface area contributed by atoms with Crippen LogP contribution < -0.4 is 10.6 Å². The van der Waals surface area contributed by atoms with Gasteiger partial charge in [-0.3, -0.25) is 19.7 Å². The maximum atomic E-state index is 13.6. The van der Waals surface area contributed by atoms with Crippen LogP contribution in [0.1, 0.15) is 20.8 Å². The van der Waals surface area contributed by atoms with Crippen molar-refractivity contribution in [3.63, 3.8) is 0 Å². The average molecular weight is 297 g/mol. The highest BCUT2D eigenvalue weighted by Crippen LogP contribution is 2.21. The molecule has 1 aromatic rings. The predicted molar refractivity (Wildman–Crippen MR) is 74.1 cm³/mol. The quantitative estimate of drug-likeness (QED) is 0.639. The lowest BCUT2D eigenvalue weighted by atomic mass is 10.0. The van der Waals surface area contributed by atoms with Crippen molar-refractivity contribution in [3.8, 4) is 0 Å². The molecule has 0 aliphatic heterocycles. The minimum absolute atomic E-state index is 0.226. The third-order valence-electron chi connectivity index (χ3n) is 2.73. The molecule has 0 aliphatic carbocycles. The number of nitro groups is 1. The van der Waals surface area contributed by atoms with Gasteiger partial charge in [0.15, 0.2) is 0 Å². The summed E-state index contributed by atoms with van der Waals surface area (Å²) in [6.07, 6.45) is 0. The Morgan fingerprint density at radius 1 is 1.33 bits per heavy atom. The van der Waals surface area contributed by atoms with Gasteiger partial charge in [-0.25, -0.2) is 4.39 Å².